The van der Waals surface area contributed by atoms with Crippen LogP contribution in [0, 0.1) is 5.92 Å². The monoisotopic (exact) mass is 284 g/mol. The van der Waals surface area contributed by atoms with Crippen molar-refractivity contribution in [1.82, 2.24) is 0 Å². The van der Waals surface area contributed by atoms with Crippen LogP contribution in [-0.4, -0.2) is 58.5 Å². The molecule has 0 aromatic rings. The van der Waals surface area contributed by atoms with Crippen LogP contribution in [0.5, 0.6) is 0 Å². The SMILES string of the molecule is COC1(OC)[C@@]2(Cl)C[C@@H]3CO[C@](O)([C@H]2O)[C@@]31Cl. The Bertz CT molecular complexity index is 376. The van der Waals surface area contributed by atoms with Crippen LogP contribution in [0.1, 0.15) is 6.42 Å². The molecule has 98 valence electrons. The molecule has 0 aromatic carbocycles. The van der Waals surface area contributed by atoms with E-state index in [1.807, 2.05) is 0 Å². The molecule has 3 fully saturated rings. The highest BCUT2D eigenvalue weighted by Crippen LogP contribution is 2.74. The van der Waals surface area contributed by atoms with Crippen molar-refractivity contribution in [2.75, 3.05) is 20.8 Å². The molecule has 3 aliphatic rings. The number of hydrogen-bond acceptors (Lipinski definition) is 5. The van der Waals surface area contributed by atoms with Crippen LogP contribution in [-0.2, 0) is 14.2 Å². The summed E-state index contributed by atoms with van der Waals surface area (Å²) in [5.41, 5.74) is 0. The van der Waals surface area contributed by atoms with Gasteiger partial charge in [0.2, 0.25) is 11.6 Å². The van der Waals surface area contributed by atoms with E-state index in [9.17, 15) is 10.2 Å². The molecule has 2 bridgehead atoms. The summed E-state index contributed by atoms with van der Waals surface area (Å²) in [4.78, 5) is -2.71. The van der Waals surface area contributed by atoms with Crippen LogP contribution in [0.3, 0.4) is 0 Å². The molecule has 2 saturated carbocycles. The maximum absolute atomic E-state index is 10.5. The van der Waals surface area contributed by atoms with E-state index in [0.717, 1.165) is 0 Å². The van der Waals surface area contributed by atoms with E-state index >= 15 is 0 Å². The largest absolute Gasteiger partial charge is 0.385 e. The second-order valence-electron chi connectivity index (χ2n) is 4.91. The van der Waals surface area contributed by atoms with E-state index < -0.39 is 27.4 Å². The van der Waals surface area contributed by atoms with Gasteiger partial charge in [-0.25, -0.2) is 0 Å². The molecule has 0 unspecified atom stereocenters. The van der Waals surface area contributed by atoms with Gasteiger partial charge in [0.25, 0.3) is 0 Å². The molecule has 2 N–H and O–H groups in total. The maximum Gasteiger partial charge on any atom is 0.219 e. The molecule has 0 aromatic heterocycles. The first kappa shape index (κ1) is 12.4. The lowest BCUT2D eigenvalue weighted by molar-refractivity contribution is -0.257. The predicted octanol–water partition coefficient (Wildman–Crippen LogP) is 0.0439. The normalized spacial score (nSPS) is 58.9. The number of halogens is 2. The first-order valence-corrected chi connectivity index (χ1v) is 6.12. The maximum atomic E-state index is 10.5. The molecule has 1 aliphatic heterocycles. The van der Waals surface area contributed by atoms with Gasteiger partial charge in [0.05, 0.1) is 6.61 Å². The Kier molecular flexibility index (Phi) is 2.26. The third-order valence-corrected chi connectivity index (χ3v) is 5.97. The molecular weight excluding hydrogens is 271 g/mol. The summed E-state index contributed by atoms with van der Waals surface area (Å²) >= 11 is 13.0. The Hall–Kier alpha value is 0.380. The minimum Gasteiger partial charge on any atom is -0.385 e. The minimum atomic E-state index is -1.94. The summed E-state index contributed by atoms with van der Waals surface area (Å²) in [6, 6.07) is 0. The van der Waals surface area contributed by atoms with Crippen molar-refractivity contribution in [2.45, 2.75) is 33.8 Å². The van der Waals surface area contributed by atoms with Crippen molar-refractivity contribution in [3.63, 3.8) is 0 Å². The minimum absolute atomic E-state index is 0.222. The molecule has 5 atom stereocenters. The van der Waals surface area contributed by atoms with Crippen LogP contribution < -0.4 is 0 Å². The summed E-state index contributed by atoms with van der Waals surface area (Å²) in [7, 11) is 2.79. The molecule has 5 nitrogen and oxygen atoms in total. The fourth-order valence-electron chi connectivity index (χ4n) is 3.84. The summed E-state index contributed by atoms with van der Waals surface area (Å²) in [6.07, 6.45) is -1.00. The number of rotatable bonds is 2. The van der Waals surface area contributed by atoms with Gasteiger partial charge in [0.1, 0.15) is 11.0 Å². The quantitative estimate of drug-likeness (QED) is 0.554. The summed E-state index contributed by atoms with van der Waals surface area (Å²) in [5, 5.41) is 20.7. The van der Waals surface area contributed by atoms with E-state index in [1.54, 1.807) is 0 Å². The number of fused-ring (bicyclic) bond motifs is 1. The highest BCUT2D eigenvalue weighted by atomic mass is 35.5. The lowest BCUT2D eigenvalue weighted by Crippen LogP contribution is -2.60. The number of alkyl halides is 2. The van der Waals surface area contributed by atoms with E-state index in [-0.39, 0.29) is 12.5 Å². The van der Waals surface area contributed by atoms with Crippen LogP contribution in [0.25, 0.3) is 0 Å². The fourth-order valence-corrected chi connectivity index (χ4v) is 5.15. The van der Waals surface area contributed by atoms with E-state index in [1.165, 1.54) is 14.2 Å². The lowest BCUT2D eigenvalue weighted by Gasteiger charge is -2.40. The zero-order chi connectivity index (χ0) is 12.7. The average molecular weight is 285 g/mol. The van der Waals surface area contributed by atoms with Crippen molar-refractivity contribution >= 4 is 23.2 Å². The van der Waals surface area contributed by atoms with Crippen LogP contribution >= 0.6 is 23.2 Å². The average Bonchev–Trinajstić information content (AvgIpc) is 2.66. The van der Waals surface area contributed by atoms with Crippen LogP contribution in [0.15, 0.2) is 0 Å². The molecule has 0 radical (unpaired) electrons. The fraction of sp³-hybridized carbons (Fsp3) is 1.00. The second-order valence-corrected chi connectivity index (χ2v) is 6.18. The van der Waals surface area contributed by atoms with E-state index in [4.69, 9.17) is 37.4 Å². The molecule has 1 heterocycles. The van der Waals surface area contributed by atoms with E-state index in [0.29, 0.717) is 6.42 Å². The Morgan fingerprint density at radius 3 is 2.35 bits per heavy atom. The van der Waals surface area contributed by atoms with Crippen molar-refractivity contribution in [2.24, 2.45) is 5.92 Å². The third-order valence-electron chi connectivity index (χ3n) is 4.54. The molecule has 3 rings (SSSR count). The number of methoxy groups -OCH3 is 2. The van der Waals surface area contributed by atoms with E-state index in [2.05, 4.69) is 0 Å². The topological polar surface area (TPSA) is 68.2 Å². The van der Waals surface area contributed by atoms with Gasteiger partial charge in [0.15, 0.2) is 4.87 Å². The standard InChI is InChI=1S/C10H14Cl2O5/c1-15-10(16-2)7(11)3-5-4-17-9(14,6(7)13)8(5,10)12/h5-6,13-14H,3-4H2,1-2H3/t5-,6+,7-,8+,9-/m1/s1. The van der Waals surface area contributed by atoms with Gasteiger partial charge >= 0.3 is 0 Å². The third kappa shape index (κ3) is 0.870. The first-order chi connectivity index (χ1) is 7.84. The van der Waals surface area contributed by atoms with Gasteiger partial charge in [-0.15, -0.1) is 23.2 Å². The molecular formula is C10H14Cl2O5. The highest BCUT2D eigenvalue weighted by Gasteiger charge is 2.93. The van der Waals surface area contributed by atoms with Crippen LogP contribution in [0.2, 0.25) is 0 Å². The summed E-state index contributed by atoms with van der Waals surface area (Å²) in [5.74, 6) is -3.64. The van der Waals surface area contributed by atoms with Gasteiger partial charge in [-0.2, -0.15) is 0 Å². The van der Waals surface area contributed by atoms with Gasteiger partial charge in [-0.3, -0.25) is 0 Å². The zero-order valence-corrected chi connectivity index (χ0v) is 11.0. The van der Waals surface area contributed by atoms with Crippen LogP contribution in [0.4, 0.5) is 0 Å². The molecule has 7 heteroatoms. The molecule has 17 heavy (non-hydrogen) atoms. The van der Waals surface area contributed by atoms with Gasteiger partial charge in [-0.05, 0) is 6.42 Å². The molecule has 0 amide bonds. The number of aliphatic hydroxyl groups excluding tert-OH is 1. The first-order valence-electron chi connectivity index (χ1n) is 5.36. The van der Waals surface area contributed by atoms with Gasteiger partial charge in [-0.1, -0.05) is 0 Å². The number of hydrogen-bond donors (Lipinski definition) is 2. The highest BCUT2D eigenvalue weighted by molar-refractivity contribution is 6.32. The van der Waals surface area contributed by atoms with Gasteiger partial charge in [0, 0.05) is 20.1 Å². The molecule has 0 spiro atoms. The zero-order valence-electron chi connectivity index (χ0n) is 9.44. The second kappa shape index (κ2) is 3.10. The smallest absolute Gasteiger partial charge is 0.219 e. The predicted molar refractivity (Wildman–Crippen MR) is 58.9 cm³/mol. The van der Waals surface area contributed by atoms with Crippen molar-refractivity contribution < 1.29 is 24.4 Å². The number of aliphatic hydroxyl groups is 2. The summed E-state index contributed by atoms with van der Waals surface area (Å²) < 4.78 is 16.0. The van der Waals surface area contributed by atoms with Crippen molar-refractivity contribution in [1.29, 1.82) is 0 Å². The van der Waals surface area contributed by atoms with Gasteiger partial charge < -0.3 is 24.4 Å². The Morgan fingerprint density at radius 2 is 1.88 bits per heavy atom. The Morgan fingerprint density at radius 1 is 1.29 bits per heavy atom. The summed E-state index contributed by atoms with van der Waals surface area (Å²) in [6.45, 7) is 0.222. The van der Waals surface area contributed by atoms with Crippen molar-refractivity contribution in [3.05, 3.63) is 0 Å². The van der Waals surface area contributed by atoms with Crippen molar-refractivity contribution in [3.8, 4) is 0 Å². The molecule has 2 aliphatic carbocycles. The molecule has 1 saturated heterocycles. The Labute approximate surface area is 109 Å². The Balaban J connectivity index is 2.28. The number of ether oxygens (including phenoxy) is 3. The lowest BCUT2D eigenvalue weighted by atomic mass is 9.84.